The standard InChI is InChI=1S/C13H19N3O/c1-9-7-10-12(14-8-9)16(13(2,3)4)6-5-11(17)15-10/h7-8H,5-6H2,1-4H3,(H,15,17). The number of nitrogens with one attached hydrogen (secondary N) is 1. The van der Waals surface area contributed by atoms with Crippen LogP contribution in [0.5, 0.6) is 0 Å². The highest BCUT2D eigenvalue weighted by molar-refractivity contribution is 5.95. The van der Waals surface area contributed by atoms with E-state index in [-0.39, 0.29) is 11.4 Å². The molecule has 4 heteroatoms. The predicted octanol–water partition coefficient (Wildman–Crippen LogP) is 2.34. The zero-order chi connectivity index (χ0) is 12.6. The minimum absolute atomic E-state index is 0.0384. The molecule has 0 fully saturated rings. The fourth-order valence-corrected chi connectivity index (χ4v) is 2.05. The van der Waals surface area contributed by atoms with E-state index < -0.39 is 0 Å². The number of hydrogen-bond acceptors (Lipinski definition) is 3. The monoisotopic (exact) mass is 233 g/mol. The smallest absolute Gasteiger partial charge is 0.226 e. The lowest BCUT2D eigenvalue weighted by Gasteiger charge is -2.36. The molecule has 17 heavy (non-hydrogen) atoms. The molecule has 2 heterocycles. The van der Waals surface area contributed by atoms with Crippen molar-refractivity contribution in [3.63, 3.8) is 0 Å². The minimum Gasteiger partial charge on any atom is -0.350 e. The average Bonchev–Trinajstić information content (AvgIpc) is 2.34. The van der Waals surface area contributed by atoms with Crippen LogP contribution < -0.4 is 10.2 Å². The molecule has 1 aromatic heterocycles. The van der Waals surface area contributed by atoms with Crippen LogP contribution in [-0.4, -0.2) is 23.0 Å². The fourth-order valence-electron chi connectivity index (χ4n) is 2.05. The SMILES string of the molecule is Cc1cnc2c(c1)NC(=O)CCN2C(C)(C)C. The number of anilines is 2. The van der Waals surface area contributed by atoms with Crippen LogP contribution in [0, 0.1) is 6.92 Å². The van der Waals surface area contributed by atoms with E-state index in [1.54, 1.807) is 0 Å². The van der Waals surface area contributed by atoms with Crippen LogP contribution in [0.15, 0.2) is 12.3 Å². The van der Waals surface area contributed by atoms with Crippen molar-refractivity contribution in [2.75, 3.05) is 16.8 Å². The highest BCUT2D eigenvalue weighted by Crippen LogP contribution is 2.31. The van der Waals surface area contributed by atoms with Crippen molar-refractivity contribution in [1.29, 1.82) is 0 Å². The second kappa shape index (κ2) is 4.02. The van der Waals surface area contributed by atoms with Crippen molar-refractivity contribution < 1.29 is 4.79 Å². The molecule has 4 nitrogen and oxygen atoms in total. The normalized spacial score (nSPS) is 16.2. The molecule has 1 N–H and O–H groups in total. The zero-order valence-electron chi connectivity index (χ0n) is 10.9. The van der Waals surface area contributed by atoms with Gasteiger partial charge in [-0.05, 0) is 39.3 Å². The number of pyridine rings is 1. The van der Waals surface area contributed by atoms with E-state index >= 15 is 0 Å². The molecular weight excluding hydrogens is 214 g/mol. The second-order valence-electron chi connectivity index (χ2n) is 5.50. The molecule has 2 rings (SSSR count). The summed E-state index contributed by atoms with van der Waals surface area (Å²) in [7, 11) is 0. The number of aromatic nitrogens is 1. The van der Waals surface area contributed by atoms with E-state index in [0.717, 1.165) is 17.1 Å². The predicted molar refractivity (Wildman–Crippen MR) is 69.3 cm³/mol. The van der Waals surface area contributed by atoms with Gasteiger partial charge >= 0.3 is 0 Å². The molecule has 0 bridgehead atoms. The molecule has 0 spiro atoms. The molecule has 0 aromatic carbocycles. The number of carbonyl (C=O) groups excluding carboxylic acids is 1. The third-order valence-corrected chi connectivity index (χ3v) is 2.91. The highest BCUT2D eigenvalue weighted by Gasteiger charge is 2.28. The molecular formula is C13H19N3O. The Bertz CT molecular complexity index is 448. The van der Waals surface area contributed by atoms with E-state index in [4.69, 9.17) is 0 Å². The van der Waals surface area contributed by atoms with Crippen LogP contribution in [-0.2, 0) is 4.79 Å². The Labute approximate surface area is 102 Å². The first-order chi connectivity index (χ1) is 7.88. The van der Waals surface area contributed by atoms with Gasteiger partial charge in [0.2, 0.25) is 5.91 Å². The van der Waals surface area contributed by atoms with Gasteiger partial charge < -0.3 is 10.2 Å². The Morgan fingerprint density at radius 2 is 2.12 bits per heavy atom. The van der Waals surface area contributed by atoms with Crippen molar-refractivity contribution >= 4 is 17.4 Å². The summed E-state index contributed by atoms with van der Waals surface area (Å²) in [6.07, 6.45) is 2.35. The first kappa shape index (κ1) is 11.9. The maximum atomic E-state index is 11.7. The molecule has 92 valence electrons. The maximum absolute atomic E-state index is 11.7. The molecule has 1 aliphatic heterocycles. The van der Waals surface area contributed by atoms with Gasteiger partial charge in [0.05, 0.1) is 5.69 Å². The van der Waals surface area contributed by atoms with Crippen LogP contribution in [0.2, 0.25) is 0 Å². The Morgan fingerprint density at radius 1 is 1.41 bits per heavy atom. The lowest BCUT2D eigenvalue weighted by molar-refractivity contribution is -0.116. The number of hydrogen-bond donors (Lipinski definition) is 1. The Balaban J connectivity index is 2.50. The van der Waals surface area contributed by atoms with Crippen LogP contribution in [0.4, 0.5) is 11.5 Å². The van der Waals surface area contributed by atoms with Gasteiger partial charge in [0.1, 0.15) is 0 Å². The molecule has 0 atom stereocenters. The Morgan fingerprint density at radius 3 is 2.76 bits per heavy atom. The van der Waals surface area contributed by atoms with Gasteiger partial charge in [0.15, 0.2) is 5.82 Å². The molecule has 1 amide bonds. The van der Waals surface area contributed by atoms with Gasteiger partial charge in [-0.3, -0.25) is 4.79 Å². The first-order valence-corrected chi connectivity index (χ1v) is 5.92. The summed E-state index contributed by atoms with van der Waals surface area (Å²) in [6.45, 7) is 9.08. The topological polar surface area (TPSA) is 45.2 Å². The van der Waals surface area contributed by atoms with Gasteiger partial charge in [0.25, 0.3) is 0 Å². The first-order valence-electron chi connectivity index (χ1n) is 5.92. The third-order valence-electron chi connectivity index (χ3n) is 2.91. The average molecular weight is 233 g/mol. The zero-order valence-corrected chi connectivity index (χ0v) is 10.9. The minimum atomic E-state index is -0.0384. The van der Waals surface area contributed by atoms with E-state index in [1.807, 2.05) is 19.2 Å². The second-order valence-corrected chi connectivity index (χ2v) is 5.50. The van der Waals surface area contributed by atoms with Crippen LogP contribution >= 0.6 is 0 Å². The van der Waals surface area contributed by atoms with Gasteiger partial charge in [-0.15, -0.1) is 0 Å². The maximum Gasteiger partial charge on any atom is 0.226 e. The largest absolute Gasteiger partial charge is 0.350 e. The van der Waals surface area contributed by atoms with Crippen molar-refractivity contribution in [3.8, 4) is 0 Å². The van der Waals surface area contributed by atoms with Crippen molar-refractivity contribution in [1.82, 2.24) is 4.98 Å². The number of aryl methyl sites for hydroxylation is 1. The van der Waals surface area contributed by atoms with E-state index in [9.17, 15) is 4.79 Å². The molecule has 0 aliphatic carbocycles. The molecule has 0 saturated carbocycles. The number of nitrogens with zero attached hydrogens (tertiary/aromatic N) is 2. The number of carbonyl (C=O) groups is 1. The molecule has 1 aliphatic rings. The Kier molecular flexibility index (Phi) is 2.81. The number of rotatable bonds is 0. The Hall–Kier alpha value is -1.58. The van der Waals surface area contributed by atoms with Gasteiger partial charge in [-0.25, -0.2) is 4.98 Å². The van der Waals surface area contributed by atoms with Crippen LogP contribution in [0.3, 0.4) is 0 Å². The van der Waals surface area contributed by atoms with Gasteiger partial charge in [0, 0.05) is 24.7 Å². The van der Waals surface area contributed by atoms with E-state index in [2.05, 4.69) is 36.0 Å². The third kappa shape index (κ3) is 2.40. The number of amides is 1. The van der Waals surface area contributed by atoms with Crippen LogP contribution in [0.1, 0.15) is 32.8 Å². The summed E-state index contributed by atoms with van der Waals surface area (Å²) in [6, 6.07) is 1.98. The van der Waals surface area contributed by atoms with E-state index in [1.165, 1.54) is 0 Å². The van der Waals surface area contributed by atoms with Gasteiger partial charge in [-0.2, -0.15) is 0 Å². The van der Waals surface area contributed by atoms with Crippen molar-refractivity contribution in [3.05, 3.63) is 17.8 Å². The lowest BCUT2D eigenvalue weighted by Crippen LogP contribution is -2.42. The highest BCUT2D eigenvalue weighted by atomic mass is 16.1. The summed E-state index contributed by atoms with van der Waals surface area (Å²) < 4.78 is 0. The summed E-state index contributed by atoms with van der Waals surface area (Å²) >= 11 is 0. The number of fused-ring (bicyclic) bond motifs is 1. The summed E-state index contributed by atoms with van der Waals surface area (Å²) in [5, 5.41) is 2.92. The van der Waals surface area contributed by atoms with Crippen LogP contribution in [0.25, 0.3) is 0 Å². The van der Waals surface area contributed by atoms with Crippen molar-refractivity contribution in [2.45, 2.75) is 39.7 Å². The summed E-state index contributed by atoms with van der Waals surface area (Å²) in [5.41, 5.74) is 1.84. The summed E-state index contributed by atoms with van der Waals surface area (Å²) in [5.74, 6) is 0.930. The quantitative estimate of drug-likeness (QED) is 0.748. The molecule has 0 saturated heterocycles. The molecule has 0 unspecified atom stereocenters. The molecule has 0 radical (unpaired) electrons. The molecule has 1 aromatic rings. The lowest BCUT2D eigenvalue weighted by atomic mass is 10.1. The summed E-state index contributed by atoms with van der Waals surface area (Å²) in [4.78, 5) is 18.3. The van der Waals surface area contributed by atoms with E-state index in [0.29, 0.717) is 13.0 Å². The van der Waals surface area contributed by atoms with Crippen molar-refractivity contribution in [2.24, 2.45) is 0 Å². The van der Waals surface area contributed by atoms with Gasteiger partial charge in [-0.1, -0.05) is 0 Å². The fraction of sp³-hybridized carbons (Fsp3) is 0.538.